The number of aliphatic imine (C=N–C) groups is 1. The molecule has 1 aliphatic rings. The minimum atomic E-state index is -0.572. The Morgan fingerprint density at radius 3 is 2.65 bits per heavy atom. The van der Waals surface area contributed by atoms with Gasteiger partial charge >= 0.3 is 0 Å². The molecule has 0 saturated carbocycles. The molecular formula is C21H28F2IN5O2. The fourth-order valence-corrected chi connectivity index (χ4v) is 3.27. The first-order chi connectivity index (χ1) is 14.4. The topological polar surface area (TPSA) is 73.1 Å². The number of carbonyl (C=O) groups excluding carboxylic acids is 1. The molecule has 0 radical (unpaired) electrons. The first-order valence-corrected chi connectivity index (χ1v) is 9.90. The van der Waals surface area contributed by atoms with Gasteiger partial charge in [-0.1, -0.05) is 6.07 Å². The minimum Gasteiger partial charge on any atom is -0.469 e. The van der Waals surface area contributed by atoms with Gasteiger partial charge in [0.2, 0.25) is 5.91 Å². The number of carbonyl (C=O) groups is 1. The van der Waals surface area contributed by atoms with Crippen LogP contribution in [0.5, 0.6) is 0 Å². The van der Waals surface area contributed by atoms with Crippen LogP contribution in [-0.2, 0) is 11.2 Å². The van der Waals surface area contributed by atoms with E-state index in [0.29, 0.717) is 38.4 Å². The van der Waals surface area contributed by atoms with Gasteiger partial charge in [-0.2, -0.15) is 0 Å². The second-order valence-corrected chi connectivity index (χ2v) is 7.36. The fourth-order valence-electron chi connectivity index (χ4n) is 3.27. The third-order valence-electron chi connectivity index (χ3n) is 4.90. The summed E-state index contributed by atoms with van der Waals surface area (Å²) in [5, 5.41) is 6.48. The second-order valence-electron chi connectivity index (χ2n) is 7.36. The highest BCUT2D eigenvalue weighted by atomic mass is 127. The van der Waals surface area contributed by atoms with E-state index < -0.39 is 11.6 Å². The summed E-state index contributed by atoms with van der Waals surface area (Å²) >= 11 is 0. The molecule has 1 unspecified atom stereocenters. The van der Waals surface area contributed by atoms with Crippen molar-refractivity contribution >= 4 is 41.5 Å². The van der Waals surface area contributed by atoms with Crippen molar-refractivity contribution in [2.24, 2.45) is 4.99 Å². The summed E-state index contributed by atoms with van der Waals surface area (Å²) in [7, 11) is 3.35. The van der Waals surface area contributed by atoms with Crippen LogP contribution in [0.25, 0.3) is 0 Å². The molecule has 1 amide bonds. The zero-order valence-electron chi connectivity index (χ0n) is 17.6. The number of para-hydroxylation sites is 1. The molecule has 2 aromatic rings. The van der Waals surface area contributed by atoms with Crippen LogP contribution in [-0.4, -0.2) is 63.1 Å². The van der Waals surface area contributed by atoms with E-state index in [-0.39, 0.29) is 48.2 Å². The summed E-state index contributed by atoms with van der Waals surface area (Å²) in [6.45, 7) is 1.51. The maximum atomic E-state index is 14.1. The number of rotatable bonds is 7. The largest absolute Gasteiger partial charge is 0.469 e. The molecule has 0 bridgehead atoms. The van der Waals surface area contributed by atoms with Crippen LogP contribution in [0.4, 0.5) is 14.5 Å². The van der Waals surface area contributed by atoms with Crippen molar-refractivity contribution in [1.29, 1.82) is 0 Å². The lowest BCUT2D eigenvalue weighted by molar-refractivity contribution is -0.127. The third kappa shape index (κ3) is 7.08. The van der Waals surface area contributed by atoms with Gasteiger partial charge in [0.15, 0.2) is 5.96 Å². The first kappa shape index (κ1) is 24.9. The molecule has 170 valence electrons. The highest BCUT2D eigenvalue weighted by Gasteiger charge is 2.27. The molecule has 1 fully saturated rings. The smallest absolute Gasteiger partial charge is 0.243 e. The van der Waals surface area contributed by atoms with Crippen LogP contribution in [0.2, 0.25) is 0 Å². The van der Waals surface area contributed by atoms with E-state index in [1.165, 1.54) is 23.1 Å². The van der Waals surface area contributed by atoms with Crippen molar-refractivity contribution in [2.75, 3.05) is 45.2 Å². The molecule has 31 heavy (non-hydrogen) atoms. The standard InChI is InChI=1S/C21H27F2N5O2.HI/c1-27(2)19(29)13-25-21(24-10-8-16-5-4-12-30-16)26-15-9-11-28(14-15)20-17(22)6-3-7-18(20)23;/h3-7,12,15H,8-11,13-14H2,1-2H3,(H2,24,25,26);1H. The van der Waals surface area contributed by atoms with E-state index in [9.17, 15) is 13.6 Å². The summed E-state index contributed by atoms with van der Waals surface area (Å²) in [4.78, 5) is 19.4. The lowest BCUT2D eigenvalue weighted by Gasteiger charge is -2.21. The van der Waals surface area contributed by atoms with E-state index >= 15 is 0 Å². The highest BCUT2D eigenvalue weighted by molar-refractivity contribution is 14.0. The summed E-state index contributed by atoms with van der Waals surface area (Å²) in [6.07, 6.45) is 2.97. The molecule has 7 nitrogen and oxygen atoms in total. The fraction of sp³-hybridized carbons (Fsp3) is 0.429. The Labute approximate surface area is 197 Å². The van der Waals surface area contributed by atoms with Crippen molar-refractivity contribution in [1.82, 2.24) is 15.5 Å². The summed E-state index contributed by atoms with van der Waals surface area (Å²) < 4.78 is 33.5. The van der Waals surface area contributed by atoms with E-state index in [0.717, 1.165) is 5.76 Å². The number of nitrogens with zero attached hydrogens (tertiary/aromatic N) is 3. The molecular weight excluding hydrogens is 519 g/mol. The van der Waals surface area contributed by atoms with Crippen molar-refractivity contribution in [3.8, 4) is 0 Å². The van der Waals surface area contributed by atoms with Crippen molar-refractivity contribution in [3.63, 3.8) is 0 Å². The molecule has 0 spiro atoms. The van der Waals surface area contributed by atoms with Gasteiger partial charge in [-0.05, 0) is 30.7 Å². The summed E-state index contributed by atoms with van der Waals surface area (Å²) in [5.41, 5.74) is -0.00569. The third-order valence-corrected chi connectivity index (χ3v) is 4.90. The molecule has 1 aromatic carbocycles. The Morgan fingerprint density at radius 2 is 2.00 bits per heavy atom. The highest BCUT2D eigenvalue weighted by Crippen LogP contribution is 2.26. The maximum Gasteiger partial charge on any atom is 0.243 e. The number of amides is 1. The van der Waals surface area contributed by atoms with Crippen molar-refractivity contribution in [2.45, 2.75) is 18.9 Å². The number of nitrogens with one attached hydrogen (secondary N) is 2. The van der Waals surface area contributed by atoms with Gasteiger partial charge in [0, 0.05) is 46.2 Å². The Hall–Kier alpha value is -2.37. The van der Waals surface area contributed by atoms with Gasteiger partial charge < -0.3 is 24.9 Å². The van der Waals surface area contributed by atoms with Gasteiger partial charge in [-0.15, -0.1) is 24.0 Å². The zero-order chi connectivity index (χ0) is 21.5. The van der Waals surface area contributed by atoms with Crippen LogP contribution in [0.1, 0.15) is 12.2 Å². The number of likely N-dealkylation sites (N-methyl/N-ethyl adjacent to an activating group) is 1. The van der Waals surface area contributed by atoms with Gasteiger partial charge in [0.25, 0.3) is 0 Å². The molecule has 2 heterocycles. The SMILES string of the molecule is CN(C)C(=O)CN=C(NCCc1ccco1)NC1CCN(c2c(F)cccc2F)C1.I. The Balaban J connectivity index is 0.00000341. The molecule has 1 atom stereocenters. The molecule has 0 aliphatic carbocycles. The average Bonchev–Trinajstić information content (AvgIpc) is 3.38. The molecule has 1 saturated heterocycles. The quantitative estimate of drug-likeness (QED) is 0.317. The normalized spacial score (nSPS) is 16.1. The zero-order valence-corrected chi connectivity index (χ0v) is 19.9. The predicted molar refractivity (Wildman–Crippen MR) is 127 cm³/mol. The Kier molecular flexibility index (Phi) is 9.53. The summed E-state index contributed by atoms with van der Waals surface area (Å²) in [6, 6.07) is 7.53. The van der Waals surface area contributed by atoms with Gasteiger partial charge in [0.1, 0.15) is 29.6 Å². The number of benzene rings is 1. The van der Waals surface area contributed by atoms with Crippen LogP contribution >= 0.6 is 24.0 Å². The lowest BCUT2D eigenvalue weighted by atomic mass is 10.2. The average molecular weight is 547 g/mol. The number of anilines is 1. The minimum absolute atomic E-state index is 0. The second kappa shape index (κ2) is 11.9. The van der Waals surface area contributed by atoms with E-state index in [1.807, 2.05) is 12.1 Å². The van der Waals surface area contributed by atoms with Gasteiger partial charge in [0.05, 0.1) is 6.26 Å². The predicted octanol–water partition coefficient (Wildman–Crippen LogP) is 2.62. The van der Waals surface area contributed by atoms with E-state index in [1.54, 1.807) is 25.3 Å². The monoisotopic (exact) mass is 547 g/mol. The Morgan fingerprint density at radius 1 is 1.26 bits per heavy atom. The van der Waals surface area contributed by atoms with Crippen LogP contribution in [0, 0.1) is 11.6 Å². The van der Waals surface area contributed by atoms with Crippen LogP contribution in [0.3, 0.4) is 0 Å². The van der Waals surface area contributed by atoms with Crippen LogP contribution in [0.15, 0.2) is 46.0 Å². The Bertz CT molecular complexity index is 856. The number of hydrogen-bond acceptors (Lipinski definition) is 4. The number of halogens is 3. The van der Waals surface area contributed by atoms with E-state index in [2.05, 4.69) is 15.6 Å². The number of furan rings is 1. The summed E-state index contributed by atoms with van der Waals surface area (Å²) in [5.74, 6) is 0.0601. The van der Waals surface area contributed by atoms with Gasteiger partial charge in [-0.3, -0.25) is 4.79 Å². The van der Waals surface area contributed by atoms with Gasteiger partial charge in [-0.25, -0.2) is 13.8 Å². The molecule has 3 rings (SSSR count). The molecule has 10 heteroatoms. The number of hydrogen-bond donors (Lipinski definition) is 2. The van der Waals surface area contributed by atoms with Crippen molar-refractivity contribution < 1.29 is 18.0 Å². The maximum absolute atomic E-state index is 14.1. The van der Waals surface area contributed by atoms with Crippen LogP contribution < -0.4 is 15.5 Å². The first-order valence-electron chi connectivity index (χ1n) is 9.90. The molecule has 2 N–H and O–H groups in total. The molecule has 1 aromatic heterocycles. The molecule has 1 aliphatic heterocycles. The lowest BCUT2D eigenvalue weighted by Crippen LogP contribution is -2.45. The van der Waals surface area contributed by atoms with E-state index in [4.69, 9.17) is 4.42 Å². The van der Waals surface area contributed by atoms with Crippen molar-refractivity contribution in [3.05, 3.63) is 54.0 Å². The number of guanidine groups is 1.